The molecule has 0 atom stereocenters. The zero-order valence-corrected chi connectivity index (χ0v) is 12.3. The summed E-state index contributed by atoms with van der Waals surface area (Å²) in [5, 5.41) is 7.15. The van der Waals surface area contributed by atoms with Crippen LogP contribution in [-0.4, -0.2) is 10.1 Å². The summed E-state index contributed by atoms with van der Waals surface area (Å²) in [5.74, 6) is 0. The Balaban J connectivity index is 2.03. The van der Waals surface area contributed by atoms with Crippen molar-refractivity contribution in [1.82, 2.24) is 4.98 Å². The number of aromatic nitrogens is 1. The average molecular weight is 343 g/mol. The summed E-state index contributed by atoms with van der Waals surface area (Å²) in [4.78, 5) is 3.93. The van der Waals surface area contributed by atoms with Gasteiger partial charge in [-0.1, -0.05) is 27.5 Å². The Morgan fingerprint density at radius 3 is 2.56 bits per heavy atom. The van der Waals surface area contributed by atoms with Gasteiger partial charge in [0, 0.05) is 22.6 Å². The second-order valence-electron chi connectivity index (χ2n) is 3.44. The number of hydrogen-bond donors (Lipinski definition) is 2. The molecular weight excluding hydrogens is 334 g/mol. The third-order valence-corrected chi connectivity index (χ3v) is 3.13. The van der Waals surface area contributed by atoms with Crippen molar-refractivity contribution in [1.29, 1.82) is 0 Å². The highest BCUT2D eigenvalue weighted by atomic mass is 79.9. The molecule has 0 aliphatic rings. The molecular formula is C12H9BrClN3S. The molecule has 18 heavy (non-hydrogen) atoms. The van der Waals surface area contributed by atoms with E-state index >= 15 is 0 Å². The third-order valence-electron chi connectivity index (χ3n) is 2.12. The summed E-state index contributed by atoms with van der Waals surface area (Å²) < 4.78 is 0.922. The van der Waals surface area contributed by atoms with Crippen molar-refractivity contribution in [3.63, 3.8) is 0 Å². The van der Waals surface area contributed by atoms with E-state index in [0.29, 0.717) is 10.1 Å². The van der Waals surface area contributed by atoms with Crippen molar-refractivity contribution in [2.24, 2.45) is 0 Å². The van der Waals surface area contributed by atoms with Crippen molar-refractivity contribution in [3.8, 4) is 0 Å². The molecule has 0 radical (unpaired) electrons. The van der Waals surface area contributed by atoms with Gasteiger partial charge in [0.05, 0.1) is 10.7 Å². The van der Waals surface area contributed by atoms with Gasteiger partial charge in [-0.3, -0.25) is 4.98 Å². The van der Waals surface area contributed by atoms with E-state index in [4.69, 9.17) is 23.8 Å². The maximum atomic E-state index is 6.09. The molecule has 0 aliphatic heterocycles. The summed E-state index contributed by atoms with van der Waals surface area (Å²) in [6.45, 7) is 0. The maximum absolute atomic E-state index is 6.09. The third kappa shape index (κ3) is 3.66. The van der Waals surface area contributed by atoms with Gasteiger partial charge >= 0.3 is 0 Å². The number of anilines is 2. The summed E-state index contributed by atoms with van der Waals surface area (Å²) in [6, 6.07) is 9.21. The molecule has 0 bridgehead atoms. The van der Waals surface area contributed by atoms with Crippen LogP contribution < -0.4 is 10.6 Å². The predicted molar refractivity (Wildman–Crippen MR) is 83.2 cm³/mol. The van der Waals surface area contributed by atoms with E-state index in [-0.39, 0.29) is 0 Å². The number of benzene rings is 1. The first-order valence-corrected chi connectivity index (χ1v) is 6.66. The lowest BCUT2D eigenvalue weighted by atomic mass is 10.3. The van der Waals surface area contributed by atoms with E-state index in [1.165, 1.54) is 0 Å². The van der Waals surface area contributed by atoms with E-state index in [0.717, 1.165) is 15.8 Å². The highest BCUT2D eigenvalue weighted by Gasteiger charge is 2.03. The molecule has 0 aliphatic carbocycles. The molecule has 0 amide bonds. The fourth-order valence-corrected chi connectivity index (χ4v) is 2.26. The van der Waals surface area contributed by atoms with Crippen LogP contribution in [0, 0.1) is 0 Å². The molecule has 0 fully saturated rings. The van der Waals surface area contributed by atoms with Gasteiger partial charge < -0.3 is 10.6 Å². The van der Waals surface area contributed by atoms with Crippen molar-refractivity contribution >= 4 is 56.2 Å². The molecule has 1 aromatic heterocycles. The number of nitrogens with one attached hydrogen (secondary N) is 2. The quantitative estimate of drug-likeness (QED) is 0.798. The Morgan fingerprint density at radius 1 is 1.17 bits per heavy atom. The summed E-state index contributed by atoms with van der Waals surface area (Å²) in [5.41, 5.74) is 1.63. The molecule has 0 saturated heterocycles. The number of thiocarbonyl (C=S) groups is 1. The predicted octanol–water partition coefficient (Wildman–Crippen LogP) is 4.31. The summed E-state index contributed by atoms with van der Waals surface area (Å²) in [6.07, 6.45) is 3.38. The first-order valence-electron chi connectivity index (χ1n) is 5.08. The molecule has 0 saturated carbocycles. The van der Waals surface area contributed by atoms with Gasteiger partial charge in [-0.25, -0.2) is 0 Å². The van der Waals surface area contributed by atoms with Gasteiger partial charge in [0.2, 0.25) is 0 Å². The van der Waals surface area contributed by atoms with Crippen LogP contribution in [0.2, 0.25) is 5.02 Å². The smallest absolute Gasteiger partial charge is 0.175 e. The topological polar surface area (TPSA) is 37.0 Å². The fraction of sp³-hybridized carbons (Fsp3) is 0. The van der Waals surface area contributed by atoms with E-state index in [1.54, 1.807) is 18.5 Å². The summed E-state index contributed by atoms with van der Waals surface area (Å²) in [7, 11) is 0. The number of pyridine rings is 1. The lowest BCUT2D eigenvalue weighted by Crippen LogP contribution is -2.19. The van der Waals surface area contributed by atoms with Gasteiger partial charge in [0.15, 0.2) is 5.11 Å². The normalized spacial score (nSPS) is 9.89. The van der Waals surface area contributed by atoms with Crippen LogP contribution in [0.4, 0.5) is 11.4 Å². The van der Waals surface area contributed by atoms with Crippen molar-refractivity contribution < 1.29 is 0 Å². The average Bonchev–Trinajstić information content (AvgIpc) is 2.34. The molecule has 6 heteroatoms. The molecule has 2 aromatic rings. The van der Waals surface area contributed by atoms with E-state index in [9.17, 15) is 0 Å². The molecule has 92 valence electrons. The van der Waals surface area contributed by atoms with E-state index < -0.39 is 0 Å². The minimum absolute atomic E-state index is 0.477. The van der Waals surface area contributed by atoms with Gasteiger partial charge in [0.25, 0.3) is 0 Å². The van der Waals surface area contributed by atoms with Crippen LogP contribution in [0.1, 0.15) is 0 Å². The van der Waals surface area contributed by atoms with Crippen LogP contribution in [0.15, 0.2) is 47.2 Å². The van der Waals surface area contributed by atoms with Crippen molar-refractivity contribution in [3.05, 3.63) is 52.2 Å². The largest absolute Gasteiger partial charge is 0.332 e. The highest BCUT2D eigenvalue weighted by Crippen LogP contribution is 2.25. The van der Waals surface area contributed by atoms with Crippen LogP contribution in [0.3, 0.4) is 0 Å². The Morgan fingerprint density at radius 2 is 1.89 bits per heavy atom. The number of nitrogens with zero attached hydrogens (tertiary/aromatic N) is 1. The summed E-state index contributed by atoms with van der Waals surface area (Å²) >= 11 is 14.6. The molecule has 1 heterocycles. The van der Waals surface area contributed by atoms with Crippen molar-refractivity contribution in [2.45, 2.75) is 0 Å². The Labute approximate surface area is 124 Å². The van der Waals surface area contributed by atoms with E-state index in [2.05, 4.69) is 31.5 Å². The van der Waals surface area contributed by atoms with Gasteiger partial charge in [-0.15, -0.1) is 0 Å². The number of halogens is 2. The number of hydrogen-bond acceptors (Lipinski definition) is 2. The standard InChI is InChI=1S/C12H9BrClN3S/c13-8-1-2-11(10(14)7-8)17-12(18)16-9-3-5-15-6-4-9/h1-7H,(H2,15,16,17,18). The first-order chi connectivity index (χ1) is 8.65. The Hall–Kier alpha value is -1.17. The van der Waals surface area contributed by atoms with Crippen LogP contribution in [0.25, 0.3) is 0 Å². The van der Waals surface area contributed by atoms with Crippen LogP contribution in [-0.2, 0) is 0 Å². The minimum atomic E-state index is 0.477. The number of rotatable bonds is 2. The van der Waals surface area contributed by atoms with Gasteiger partial charge in [-0.05, 0) is 42.5 Å². The lowest BCUT2D eigenvalue weighted by Gasteiger charge is -2.11. The highest BCUT2D eigenvalue weighted by molar-refractivity contribution is 9.10. The van der Waals surface area contributed by atoms with Crippen LogP contribution in [0.5, 0.6) is 0 Å². The molecule has 0 unspecified atom stereocenters. The van der Waals surface area contributed by atoms with E-state index in [1.807, 2.05) is 24.3 Å². The van der Waals surface area contributed by atoms with Gasteiger partial charge in [-0.2, -0.15) is 0 Å². The molecule has 3 nitrogen and oxygen atoms in total. The Kier molecular flexibility index (Phi) is 4.52. The minimum Gasteiger partial charge on any atom is -0.332 e. The monoisotopic (exact) mass is 341 g/mol. The molecule has 1 aromatic carbocycles. The fourth-order valence-electron chi connectivity index (χ4n) is 1.31. The molecule has 2 N–H and O–H groups in total. The SMILES string of the molecule is S=C(Nc1ccncc1)Nc1ccc(Br)cc1Cl. The second-order valence-corrected chi connectivity index (χ2v) is 5.17. The zero-order chi connectivity index (χ0) is 13.0. The maximum Gasteiger partial charge on any atom is 0.175 e. The Bertz CT molecular complexity index is 563. The molecule has 0 spiro atoms. The van der Waals surface area contributed by atoms with Crippen molar-refractivity contribution in [2.75, 3.05) is 10.6 Å². The second kappa shape index (κ2) is 6.13. The molecule has 2 rings (SSSR count). The first kappa shape index (κ1) is 13.3. The zero-order valence-electron chi connectivity index (χ0n) is 9.15. The van der Waals surface area contributed by atoms with Gasteiger partial charge in [0.1, 0.15) is 0 Å². The lowest BCUT2D eigenvalue weighted by molar-refractivity contribution is 1.33. The van der Waals surface area contributed by atoms with Crippen LogP contribution >= 0.6 is 39.7 Å².